The Labute approximate surface area is 102 Å². The molecule has 0 spiro atoms. The van der Waals surface area contributed by atoms with Gasteiger partial charge in [0, 0.05) is 40.1 Å². The van der Waals surface area contributed by atoms with E-state index in [1.807, 2.05) is 55.1 Å². The fourth-order valence-corrected chi connectivity index (χ4v) is 1.62. The molecule has 1 N–H and O–H groups in total. The third-order valence-corrected chi connectivity index (χ3v) is 2.60. The molecule has 0 bridgehead atoms. The second-order valence-corrected chi connectivity index (χ2v) is 4.34. The molecule has 0 saturated heterocycles. The van der Waals surface area contributed by atoms with Crippen LogP contribution in [0, 0.1) is 0 Å². The predicted molar refractivity (Wildman–Crippen MR) is 71.3 cm³/mol. The highest BCUT2D eigenvalue weighted by Gasteiger charge is 1.98. The Hall–Kier alpha value is -1.97. The molecule has 4 heteroatoms. The summed E-state index contributed by atoms with van der Waals surface area (Å²) in [6, 6.07) is 6.16. The van der Waals surface area contributed by atoms with Gasteiger partial charge in [0.25, 0.3) is 0 Å². The molecule has 2 aromatic rings. The standard InChI is InChI=1S/C13H18N4/c1-16(2)13-5-4-12(9-15-13)14-8-11-6-7-17(3)10-11/h4-7,9-10,14H,8H2,1-3H3. The molecule has 0 fully saturated rings. The van der Waals surface area contributed by atoms with Crippen LogP contribution in [-0.2, 0) is 13.6 Å². The quantitative estimate of drug-likeness (QED) is 0.873. The Bertz CT molecular complexity index is 470. The summed E-state index contributed by atoms with van der Waals surface area (Å²) < 4.78 is 2.05. The zero-order valence-corrected chi connectivity index (χ0v) is 10.5. The summed E-state index contributed by atoms with van der Waals surface area (Å²) in [6.07, 6.45) is 6.01. The number of hydrogen-bond acceptors (Lipinski definition) is 3. The normalized spacial score (nSPS) is 10.3. The van der Waals surface area contributed by atoms with Gasteiger partial charge in [0.1, 0.15) is 5.82 Å². The summed E-state index contributed by atoms with van der Waals surface area (Å²) >= 11 is 0. The Morgan fingerprint density at radius 1 is 1.29 bits per heavy atom. The fourth-order valence-electron chi connectivity index (χ4n) is 1.62. The van der Waals surface area contributed by atoms with Crippen LogP contribution in [0.15, 0.2) is 36.8 Å². The number of pyridine rings is 1. The molecule has 0 amide bonds. The molecule has 0 saturated carbocycles. The van der Waals surface area contributed by atoms with Gasteiger partial charge in [-0.1, -0.05) is 0 Å². The number of aromatic nitrogens is 2. The highest BCUT2D eigenvalue weighted by Crippen LogP contribution is 2.12. The van der Waals surface area contributed by atoms with Gasteiger partial charge in [-0.2, -0.15) is 0 Å². The van der Waals surface area contributed by atoms with E-state index in [1.54, 1.807) is 0 Å². The van der Waals surface area contributed by atoms with Crippen LogP contribution in [-0.4, -0.2) is 23.6 Å². The van der Waals surface area contributed by atoms with Gasteiger partial charge in [-0.05, 0) is 23.8 Å². The van der Waals surface area contributed by atoms with Crippen molar-refractivity contribution in [2.75, 3.05) is 24.3 Å². The smallest absolute Gasteiger partial charge is 0.128 e. The first-order chi connectivity index (χ1) is 8.15. The number of nitrogens with one attached hydrogen (secondary N) is 1. The topological polar surface area (TPSA) is 33.1 Å². The Morgan fingerprint density at radius 2 is 2.12 bits per heavy atom. The average Bonchev–Trinajstić information content (AvgIpc) is 2.73. The lowest BCUT2D eigenvalue weighted by atomic mass is 10.3. The monoisotopic (exact) mass is 230 g/mol. The molecule has 4 nitrogen and oxygen atoms in total. The zero-order valence-electron chi connectivity index (χ0n) is 10.5. The van der Waals surface area contributed by atoms with E-state index in [2.05, 4.69) is 22.6 Å². The van der Waals surface area contributed by atoms with E-state index in [9.17, 15) is 0 Å². The van der Waals surface area contributed by atoms with Crippen LogP contribution in [0.4, 0.5) is 11.5 Å². The van der Waals surface area contributed by atoms with Crippen molar-refractivity contribution in [3.05, 3.63) is 42.4 Å². The molecule has 0 radical (unpaired) electrons. The summed E-state index contributed by atoms with van der Waals surface area (Å²) in [6.45, 7) is 0.823. The Morgan fingerprint density at radius 3 is 2.65 bits per heavy atom. The van der Waals surface area contributed by atoms with Crippen molar-refractivity contribution >= 4 is 11.5 Å². The highest BCUT2D eigenvalue weighted by atomic mass is 15.1. The van der Waals surface area contributed by atoms with Crippen molar-refractivity contribution in [3.63, 3.8) is 0 Å². The zero-order chi connectivity index (χ0) is 12.3. The number of rotatable bonds is 4. The molecule has 90 valence electrons. The summed E-state index contributed by atoms with van der Waals surface area (Å²) in [5, 5.41) is 3.35. The second-order valence-electron chi connectivity index (χ2n) is 4.34. The van der Waals surface area contributed by atoms with Gasteiger partial charge in [-0.25, -0.2) is 4.98 Å². The van der Waals surface area contributed by atoms with Crippen molar-refractivity contribution in [1.29, 1.82) is 0 Å². The molecule has 0 aliphatic carbocycles. The van der Waals surface area contributed by atoms with Crippen molar-refractivity contribution in [3.8, 4) is 0 Å². The molecule has 0 aromatic carbocycles. The lowest BCUT2D eigenvalue weighted by Gasteiger charge is -2.11. The molecular weight excluding hydrogens is 212 g/mol. The van der Waals surface area contributed by atoms with Crippen LogP contribution in [0.25, 0.3) is 0 Å². The van der Waals surface area contributed by atoms with E-state index in [0.29, 0.717) is 0 Å². The van der Waals surface area contributed by atoms with Gasteiger partial charge in [0.15, 0.2) is 0 Å². The van der Waals surface area contributed by atoms with Crippen LogP contribution < -0.4 is 10.2 Å². The molecular formula is C13H18N4. The van der Waals surface area contributed by atoms with Crippen LogP contribution >= 0.6 is 0 Å². The van der Waals surface area contributed by atoms with E-state index < -0.39 is 0 Å². The SMILES string of the molecule is CN(C)c1ccc(NCc2ccn(C)c2)cn1. The van der Waals surface area contributed by atoms with E-state index in [1.165, 1.54) is 5.56 Å². The van der Waals surface area contributed by atoms with Gasteiger partial charge >= 0.3 is 0 Å². The van der Waals surface area contributed by atoms with Crippen molar-refractivity contribution in [2.24, 2.45) is 7.05 Å². The maximum Gasteiger partial charge on any atom is 0.128 e. The summed E-state index contributed by atoms with van der Waals surface area (Å²) in [5.74, 6) is 0.968. The number of hydrogen-bond donors (Lipinski definition) is 1. The molecule has 2 aromatic heterocycles. The van der Waals surface area contributed by atoms with Gasteiger partial charge in [-0.15, -0.1) is 0 Å². The van der Waals surface area contributed by atoms with Crippen molar-refractivity contribution in [1.82, 2.24) is 9.55 Å². The largest absolute Gasteiger partial charge is 0.380 e. The highest BCUT2D eigenvalue weighted by molar-refractivity contribution is 5.48. The Kier molecular flexibility index (Phi) is 3.32. The molecule has 17 heavy (non-hydrogen) atoms. The maximum absolute atomic E-state index is 4.35. The first-order valence-electron chi connectivity index (χ1n) is 5.63. The maximum atomic E-state index is 4.35. The van der Waals surface area contributed by atoms with Crippen LogP contribution in [0.2, 0.25) is 0 Å². The molecule has 2 rings (SSSR count). The molecule has 0 atom stereocenters. The van der Waals surface area contributed by atoms with Crippen LogP contribution in [0.1, 0.15) is 5.56 Å². The summed E-state index contributed by atoms with van der Waals surface area (Å²) in [7, 11) is 6.00. The third kappa shape index (κ3) is 3.00. The van der Waals surface area contributed by atoms with E-state index in [-0.39, 0.29) is 0 Å². The van der Waals surface area contributed by atoms with E-state index in [4.69, 9.17) is 0 Å². The first-order valence-corrected chi connectivity index (χ1v) is 5.63. The van der Waals surface area contributed by atoms with Gasteiger partial charge in [0.2, 0.25) is 0 Å². The van der Waals surface area contributed by atoms with Gasteiger partial charge in [0.05, 0.1) is 11.9 Å². The Balaban J connectivity index is 1.95. The minimum Gasteiger partial charge on any atom is -0.380 e. The van der Waals surface area contributed by atoms with Crippen molar-refractivity contribution < 1.29 is 0 Å². The van der Waals surface area contributed by atoms with Crippen LogP contribution in [0.3, 0.4) is 0 Å². The van der Waals surface area contributed by atoms with Gasteiger partial charge < -0.3 is 14.8 Å². The van der Waals surface area contributed by atoms with Gasteiger partial charge in [-0.3, -0.25) is 0 Å². The average molecular weight is 230 g/mol. The molecule has 0 unspecified atom stereocenters. The molecule has 0 aliphatic rings. The van der Waals surface area contributed by atoms with E-state index in [0.717, 1.165) is 18.1 Å². The lowest BCUT2D eigenvalue weighted by molar-refractivity contribution is 0.920. The summed E-state index contributed by atoms with van der Waals surface area (Å²) in [5.41, 5.74) is 2.31. The lowest BCUT2D eigenvalue weighted by Crippen LogP contribution is -2.10. The molecule has 0 aliphatic heterocycles. The number of aryl methyl sites for hydroxylation is 1. The predicted octanol–water partition coefficient (Wildman–Crippen LogP) is 2.10. The molecule has 2 heterocycles. The third-order valence-electron chi connectivity index (χ3n) is 2.60. The minimum absolute atomic E-state index is 0.823. The minimum atomic E-state index is 0.823. The van der Waals surface area contributed by atoms with Crippen LogP contribution in [0.5, 0.6) is 0 Å². The van der Waals surface area contributed by atoms with Crippen molar-refractivity contribution in [2.45, 2.75) is 6.54 Å². The van der Waals surface area contributed by atoms with E-state index >= 15 is 0 Å². The second kappa shape index (κ2) is 4.91. The number of anilines is 2. The fraction of sp³-hybridized carbons (Fsp3) is 0.308. The number of nitrogens with zero attached hydrogens (tertiary/aromatic N) is 3. The summed E-state index contributed by atoms with van der Waals surface area (Å²) in [4.78, 5) is 6.34. The first kappa shape index (κ1) is 11.5.